The number of carbonyl (C=O) groups excluding carboxylic acids is 1. The molecular weight excluding hydrogens is 384 g/mol. The lowest BCUT2D eigenvalue weighted by Gasteiger charge is -2.40. The van der Waals surface area contributed by atoms with Crippen LogP contribution >= 0.6 is 24.0 Å². The third-order valence-electron chi connectivity index (χ3n) is 5.29. The maximum Gasteiger partial charge on any atom is 0.258 e. The van der Waals surface area contributed by atoms with Crippen molar-refractivity contribution >= 4 is 39.9 Å². The topological polar surface area (TPSA) is 23.6 Å². The van der Waals surface area contributed by atoms with Gasteiger partial charge in [-0.05, 0) is 57.9 Å². The summed E-state index contributed by atoms with van der Waals surface area (Å²) in [7, 11) is 0. The van der Waals surface area contributed by atoms with Gasteiger partial charge in [-0.2, -0.15) is 0 Å². The summed E-state index contributed by atoms with van der Waals surface area (Å²) in [5.41, 5.74) is 4.16. The van der Waals surface area contributed by atoms with Gasteiger partial charge in [0.25, 0.3) is 5.91 Å². The van der Waals surface area contributed by atoms with Crippen molar-refractivity contribution in [1.82, 2.24) is 4.90 Å². The van der Waals surface area contributed by atoms with Crippen LogP contribution in [0.3, 0.4) is 0 Å². The van der Waals surface area contributed by atoms with Crippen molar-refractivity contribution in [1.29, 1.82) is 0 Å². The van der Waals surface area contributed by atoms with Crippen LogP contribution in [0.4, 0.5) is 5.69 Å². The normalized spacial score (nSPS) is 18.5. The Bertz CT molecular complexity index is 849. The van der Waals surface area contributed by atoms with E-state index in [9.17, 15) is 4.79 Å². The molecule has 0 N–H and O–H groups in total. The van der Waals surface area contributed by atoms with Crippen molar-refractivity contribution < 1.29 is 4.79 Å². The Balaban J connectivity index is 1.96. The van der Waals surface area contributed by atoms with Gasteiger partial charge in [0.05, 0.1) is 0 Å². The van der Waals surface area contributed by atoms with Gasteiger partial charge in [0.1, 0.15) is 4.32 Å². The second-order valence-corrected chi connectivity index (χ2v) is 9.07. The first-order chi connectivity index (χ1) is 13.5. The number of nitrogens with zero attached hydrogens (tertiary/aromatic N) is 2. The van der Waals surface area contributed by atoms with E-state index >= 15 is 0 Å². The molecule has 0 radical (unpaired) electrons. The fourth-order valence-electron chi connectivity index (χ4n) is 3.75. The molecule has 2 aromatic carbocycles. The number of carbonyl (C=O) groups is 1. The minimum atomic E-state index is 0.0629. The Labute approximate surface area is 178 Å². The molecule has 3 nitrogen and oxygen atoms in total. The highest BCUT2D eigenvalue weighted by molar-refractivity contribution is 8.23. The Morgan fingerprint density at radius 1 is 1.18 bits per heavy atom. The number of thiocarbonyl (C=S) groups is 1. The number of benzene rings is 2. The maximum atomic E-state index is 13.3. The molecule has 1 aliphatic heterocycles. The van der Waals surface area contributed by atoms with Crippen LogP contribution < -0.4 is 4.90 Å². The lowest BCUT2D eigenvalue weighted by atomic mass is 9.94. The summed E-state index contributed by atoms with van der Waals surface area (Å²) in [6.07, 6.45) is 0.890. The molecule has 1 amide bonds. The van der Waals surface area contributed by atoms with E-state index in [2.05, 4.69) is 50.8 Å². The average Bonchev–Trinajstić information content (AvgIpc) is 2.69. The minimum Gasteiger partial charge on any atom is -0.358 e. The average molecular weight is 413 g/mol. The summed E-state index contributed by atoms with van der Waals surface area (Å²) < 4.78 is 0.942. The standard InChI is InChI=1S/C23H28N2OS2/c1-5-24(6-2)23(27)28-21-15-17(4)25(20-13-12-16(3)14-19(20)21)22(26)18-10-8-7-9-11-18/h7-14,17,21H,5-6,15H2,1-4H3/t17-,21+/m1/s1. The highest BCUT2D eigenvalue weighted by atomic mass is 32.2. The number of rotatable bonds is 4. The number of hydrogen-bond donors (Lipinski definition) is 0. The zero-order valence-corrected chi connectivity index (χ0v) is 18.6. The van der Waals surface area contributed by atoms with Gasteiger partial charge < -0.3 is 9.80 Å². The number of anilines is 1. The molecule has 148 valence electrons. The first-order valence-corrected chi connectivity index (χ1v) is 11.2. The lowest BCUT2D eigenvalue weighted by Crippen LogP contribution is -2.43. The molecule has 0 unspecified atom stereocenters. The highest BCUT2D eigenvalue weighted by Crippen LogP contribution is 2.46. The summed E-state index contributed by atoms with van der Waals surface area (Å²) in [4.78, 5) is 17.5. The fourth-order valence-corrected chi connectivity index (χ4v) is 5.70. The van der Waals surface area contributed by atoms with Crippen LogP contribution in [-0.2, 0) is 0 Å². The zero-order valence-electron chi connectivity index (χ0n) is 17.0. The Kier molecular flexibility index (Phi) is 6.78. The Morgan fingerprint density at radius 2 is 1.86 bits per heavy atom. The van der Waals surface area contributed by atoms with Gasteiger partial charge in [-0.25, -0.2) is 0 Å². The molecule has 0 saturated heterocycles. The highest BCUT2D eigenvalue weighted by Gasteiger charge is 2.35. The van der Waals surface area contributed by atoms with Crippen molar-refractivity contribution in [2.24, 2.45) is 0 Å². The molecule has 0 bridgehead atoms. The summed E-state index contributed by atoms with van der Waals surface area (Å²) in [6, 6.07) is 16.1. The Morgan fingerprint density at radius 3 is 2.50 bits per heavy atom. The maximum absolute atomic E-state index is 13.3. The van der Waals surface area contributed by atoms with Crippen molar-refractivity contribution in [3.05, 3.63) is 65.2 Å². The lowest BCUT2D eigenvalue weighted by molar-refractivity contribution is 0.0975. The van der Waals surface area contributed by atoms with Crippen LogP contribution in [0.1, 0.15) is 53.9 Å². The number of aryl methyl sites for hydroxylation is 1. The molecule has 2 atom stereocenters. The molecule has 3 rings (SSSR count). The van der Waals surface area contributed by atoms with Crippen LogP contribution in [0.15, 0.2) is 48.5 Å². The molecule has 5 heteroatoms. The van der Waals surface area contributed by atoms with Crippen molar-refractivity contribution in [2.75, 3.05) is 18.0 Å². The second kappa shape index (κ2) is 9.10. The van der Waals surface area contributed by atoms with Gasteiger partial charge >= 0.3 is 0 Å². The van der Waals surface area contributed by atoms with Gasteiger partial charge in [-0.3, -0.25) is 4.79 Å². The molecule has 28 heavy (non-hydrogen) atoms. The van der Waals surface area contributed by atoms with Crippen molar-refractivity contribution in [3.8, 4) is 0 Å². The number of amides is 1. The van der Waals surface area contributed by atoms with Gasteiger partial charge in [-0.1, -0.05) is 59.9 Å². The van der Waals surface area contributed by atoms with Crippen LogP contribution in [0.2, 0.25) is 0 Å². The molecule has 0 fully saturated rings. The third kappa shape index (κ3) is 4.26. The molecule has 2 aromatic rings. The van der Waals surface area contributed by atoms with E-state index in [1.54, 1.807) is 11.8 Å². The van der Waals surface area contributed by atoms with E-state index in [0.717, 1.165) is 35.1 Å². The van der Waals surface area contributed by atoms with E-state index < -0.39 is 0 Å². The van der Waals surface area contributed by atoms with Gasteiger partial charge in [0.2, 0.25) is 0 Å². The van der Waals surface area contributed by atoms with Crippen LogP contribution in [-0.4, -0.2) is 34.3 Å². The predicted molar refractivity (Wildman–Crippen MR) is 124 cm³/mol. The predicted octanol–water partition coefficient (Wildman–Crippen LogP) is 5.84. The first kappa shape index (κ1) is 20.9. The van der Waals surface area contributed by atoms with Gasteiger partial charge in [0, 0.05) is 35.6 Å². The first-order valence-electron chi connectivity index (χ1n) is 9.91. The SMILES string of the molecule is CCN(CC)C(=S)S[C@H]1C[C@@H](C)N(C(=O)c2ccccc2)c2ccc(C)cc21. The quantitative estimate of drug-likeness (QED) is 0.589. The molecule has 0 aliphatic carbocycles. The summed E-state index contributed by atoms with van der Waals surface area (Å²) in [5.74, 6) is 0.0629. The summed E-state index contributed by atoms with van der Waals surface area (Å²) in [6.45, 7) is 10.4. The van der Waals surface area contributed by atoms with Crippen LogP contribution in [0.5, 0.6) is 0 Å². The van der Waals surface area contributed by atoms with Crippen molar-refractivity contribution in [3.63, 3.8) is 0 Å². The van der Waals surface area contributed by atoms with E-state index in [-0.39, 0.29) is 17.2 Å². The number of hydrogen-bond acceptors (Lipinski definition) is 3. The minimum absolute atomic E-state index is 0.0629. The number of thioether (sulfide) groups is 1. The molecule has 1 heterocycles. The van der Waals surface area contributed by atoms with Gasteiger partial charge in [-0.15, -0.1) is 0 Å². The smallest absolute Gasteiger partial charge is 0.258 e. The zero-order chi connectivity index (χ0) is 20.3. The number of fused-ring (bicyclic) bond motifs is 1. The van der Waals surface area contributed by atoms with Crippen LogP contribution in [0.25, 0.3) is 0 Å². The third-order valence-corrected chi connectivity index (χ3v) is 7.03. The van der Waals surface area contributed by atoms with Crippen LogP contribution in [0, 0.1) is 6.92 Å². The van der Waals surface area contributed by atoms with E-state index in [4.69, 9.17) is 12.2 Å². The largest absolute Gasteiger partial charge is 0.358 e. The molecule has 0 aromatic heterocycles. The van der Waals surface area contributed by atoms with E-state index in [1.807, 2.05) is 35.2 Å². The molecule has 0 saturated carbocycles. The monoisotopic (exact) mass is 412 g/mol. The molecule has 1 aliphatic rings. The van der Waals surface area contributed by atoms with Gasteiger partial charge in [0.15, 0.2) is 0 Å². The Hall–Kier alpha value is -1.85. The van der Waals surface area contributed by atoms with Crippen molar-refractivity contribution in [2.45, 2.75) is 45.4 Å². The summed E-state index contributed by atoms with van der Waals surface area (Å²) in [5, 5.41) is 0.262. The van der Waals surface area contributed by atoms with E-state index in [0.29, 0.717) is 0 Å². The molecule has 0 spiro atoms. The molecular formula is C23H28N2OS2. The van der Waals surface area contributed by atoms with E-state index in [1.165, 1.54) is 11.1 Å². The second-order valence-electron chi connectivity index (χ2n) is 7.23. The fraction of sp³-hybridized carbons (Fsp3) is 0.391. The summed E-state index contributed by atoms with van der Waals surface area (Å²) >= 11 is 7.48.